The number of carbonyl (C=O) groups excluding carboxylic acids is 1. The summed E-state index contributed by atoms with van der Waals surface area (Å²) in [7, 11) is 1.85. The summed E-state index contributed by atoms with van der Waals surface area (Å²) >= 11 is 3.38. The van der Waals surface area contributed by atoms with E-state index in [1.165, 1.54) is 0 Å². The highest BCUT2D eigenvalue weighted by Gasteiger charge is 2.11. The number of hydrogen-bond acceptors (Lipinski definition) is 4. The molecule has 8 heteroatoms. The van der Waals surface area contributed by atoms with Gasteiger partial charge in [0.05, 0.1) is 17.9 Å². The lowest BCUT2D eigenvalue weighted by atomic mass is 10.3. The molecular formula is C17H18BrN5O2. The zero-order valence-corrected chi connectivity index (χ0v) is 15.5. The van der Waals surface area contributed by atoms with E-state index in [0.29, 0.717) is 12.2 Å². The van der Waals surface area contributed by atoms with Crippen LogP contribution in [0.2, 0.25) is 0 Å². The largest absolute Gasteiger partial charge is 0.471 e. The topological polar surface area (TPSA) is 74.0 Å². The van der Waals surface area contributed by atoms with Crippen LogP contribution in [0.3, 0.4) is 0 Å². The SMILES string of the molecule is Cc1cc(CNC(=O)c2ccn(COc3ccc(Br)cc3)n2)n(C)n1. The van der Waals surface area contributed by atoms with Gasteiger partial charge in [-0.15, -0.1) is 0 Å². The van der Waals surface area contributed by atoms with Crippen molar-refractivity contribution in [1.82, 2.24) is 24.9 Å². The maximum atomic E-state index is 12.2. The van der Waals surface area contributed by atoms with Crippen LogP contribution in [0, 0.1) is 6.92 Å². The number of nitrogens with zero attached hydrogens (tertiary/aromatic N) is 4. The monoisotopic (exact) mass is 403 g/mol. The zero-order chi connectivity index (χ0) is 17.8. The van der Waals surface area contributed by atoms with Gasteiger partial charge in [0, 0.05) is 17.7 Å². The number of hydrogen-bond donors (Lipinski definition) is 1. The van der Waals surface area contributed by atoms with E-state index in [1.54, 1.807) is 21.6 Å². The molecule has 0 atom stereocenters. The van der Waals surface area contributed by atoms with E-state index in [2.05, 4.69) is 31.4 Å². The van der Waals surface area contributed by atoms with Gasteiger partial charge in [0.2, 0.25) is 0 Å². The van der Waals surface area contributed by atoms with Gasteiger partial charge in [0.15, 0.2) is 6.73 Å². The number of rotatable bonds is 6. The highest BCUT2D eigenvalue weighted by molar-refractivity contribution is 9.10. The number of carbonyl (C=O) groups is 1. The molecule has 0 bridgehead atoms. The molecule has 0 spiro atoms. The van der Waals surface area contributed by atoms with Gasteiger partial charge in [0.25, 0.3) is 5.91 Å². The minimum absolute atomic E-state index is 0.232. The van der Waals surface area contributed by atoms with Gasteiger partial charge in [-0.05, 0) is 43.3 Å². The van der Waals surface area contributed by atoms with E-state index in [0.717, 1.165) is 21.6 Å². The van der Waals surface area contributed by atoms with Crippen LogP contribution in [0.25, 0.3) is 0 Å². The molecule has 7 nitrogen and oxygen atoms in total. The zero-order valence-electron chi connectivity index (χ0n) is 13.9. The Morgan fingerprint density at radius 1 is 1.24 bits per heavy atom. The van der Waals surface area contributed by atoms with Crippen LogP contribution in [0.5, 0.6) is 5.75 Å². The third-order valence-electron chi connectivity index (χ3n) is 3.58. The summed E-state index contributed by atoms with van der Waals surface area (Å²) in [6.07, 6.45) is 1.71. The molecule has 1 amide bonds. The summed E-state index contributed by atoms with van der Waals surface area (Å²) in [5.74, 6) is 0.498. The summed E-state index contributed by atoms with van der Waals surface area (Å²) in [6.45, 7) is 2.55. The Kier molecular flexibility index (Phi) is 5.18. The van der Waals surface area contributed by atoms with E-state index in [1.807, 2.05) is 44.3 Å². The van der Waals surface area contributed by atoms with E-state index >= 15 is 0 Å². The number of amides is 1. The maximum absolute atomic E-state index is 12.2. The second-order valence-electron chi connectivity index (χ2n) is 5.55. The quantitative estimate of drug-likeness (QED) is 0.686. The Balaban J connectivity index is 1.54. The first-order chi connectivity index (χ1) is 12.0. The Morgan fingerprint density at radius 3 is 2.68 bits per heavy atom. The minimum Gasteiger partial charge on any atom is -0.471 e. The first-order valence-electron chi connectivity index (χ1n) is 7.71. The number of aryl methyl sites for hydroxylation is 2. The second-order valence-corrected chi connectivity index (χ2v) is 6.47. The van der Waals surface area contributed by atoms with Crippen molar-refractivity contribution in [3.63, 3.8) is 0 Å². The molecule has 0 fully saturated rings. The van der Waals surface area contributed by atoms with Crippen molar-refractivity contribution in [2.75, 3.05) is 0 Å². The average molecular weight is 404 g/mol. The van der Waals surface area contributed by atoms with Crippen LogP contribution < -0.4 is 10.1 Å². The molecule has 2 aromatic heterocycles. The van der Waals surface area contributed by atoms with Gasteiger partial charge < -0.3 is 10.1 Å². The summed E-state index contributed by atoms with van der Waals surface area (Å²) in [5.41, 5.74) is 2.20. The van der Waals surface area contributed by atoms with E-state index in [9.17, 15) is 4.79 Å². The van der Waals surface area contributed by atoms with Gasteiger partial charge in [-0.1, -0.05) is 15.9 Å². The molecule has 3 aromatic rings. The minimum atomic E-state index is -0.235. The fourth-order valence-corrected chi connectivity index (χ4v) is 2.58. The van der Waals surface area contributed by atoms with Gasteiger partial charge in [-0.25, -0.2) is 4.68 Å². The third kappa shape index (κ3) is 4.48. The number of nitrogens with one attached hydrogen (secondary N) is 1. The van der Waals surface area contributed by atoms with Crippen molar-refractivity contribution in [2.24, 2.45) is 7.05 Å². The highest BCUT2D eigenvalue weighted by atomic mass is 79.9. The predicted molar refractivity (Wildman–Crippen MR) is 96.1 cm³/mol. The van der Waals surface area contributed by atoms with Crippen molar-refractivity contribution in [2.45, 2.75) is 20.2 Å². The normalized spacial score (nSPS) is 10.7. The lowest BCUT2D eigenvalue weighted by molar-refractivity contribution is 0.0943. The van der Waals surface area contributed by atoms with Gasteiger partial charge in [0.1, 0.15) is 11.4 Å². The number of aromatic nitrogens is 4. The van der Waals surface area contributed by atoms with E-state index < -0.39 is 0 Å². The van der Waals surface area contributed by atoms with Crippen LogP contribution in [0.1, 0.15) is 21.9 Å². The van der Waals surface area contributed by atoms with Gasteiger partial charge in [-0.3, -0.25) is 9.48 Å². The van der Waals surface area contributed by atoms with E-state index in [4.69, 9.17) is 4.74 Å². The molecule has 3 rings (SSSR count). The van der Waals surface area contributed by atoms with Crippen molar-refractivity contribution >= 4 is 21.8 Å². The van der Waals surface area contributed by atoms with E-state index in [-0.39, 0.29) is 12.6 Å². The molecule has 0 aliphatic rings. The Labute approximate surface area is 153 Å². The van der Waals surface area contributed by atoms with Crippen LogP contribution in [0.15, 0.2) is 47.1 Å². The Bertz CT molecular complexity index is 870. The molecule has 0 aliphatic carbocycles. The van der Waals surface area contributed by atoms with Crippen LogP contribution in [-0.4, -0.2) is 25.5 Å². The summed E-state index contributed by atoms with van der Waals surface area (Å²) in [5, 5.41) is 11.3. The molecule has 130 valence electrons. The summed E-state index contributed by atoms with van der Waals surface area (Å²) in [4.78, 5) is 12.2. The second kappa shape index (κ2) is 7.52. The number of ether oxygens (including phenoxy) is 1. The van der Waals surface area contributed by atoms with Crippen molar-refractivity contribution < 1.29 is 9.53 Å². The smallest absolute Gasteiger partial charge is 0.272 e. The van der Waals surface area contributed by atoms with Crippen LogP contribution in [0.4, 0.5) is 0 Å². The first kappa shape index (κ1) is 17.2. The molecule has 25 heavy (non-hydrogen) atoms. The number of halogens is 1. The average Bonchev–Trinajstić information content (AvgIpc) is 3.18. The summed E-state index contributed by atoms with van der Waals surface area (Å²) < 4.78 is 9.94. The van der Waals surface area contributed by atoms with Crippen molar-refractivity contribution in [3.8, 4) is 5.75 Å². The molecule has 0 saturated carbocycles. The van der Waals surface area contributed by atoms with Crippen molar-refractivity contribution in [3.05, 3.63) is 64.1 Å². The molecular weight excluding hydrogens is 386 g/mol. The first-order valence-corrected chi connectivity index (χ1v) is 8.50. The standard InChI is InChI=1S/C17H18BrN5O2/c1-12-9-14(22(2)20-12)10-19-17(24)16-7-8-23(21-16)11-25-15-5-3-13(18)4-6-15/h3-9H,10-11H2,1-2H3,(H,19,24). The fraction of sp³-hybridized carbons (Fsp3) is 0.235. The fourth-order valence-electron chi connectivity index (χ4n) is 2.32. The van der Waals surface area contributed by atoms with Crippen molar-refractivity contribution in [1.29, 1.82) is 0 Å². The molecule has 1 aromatic carbocycles. The third-order valence-corrected chi connectivity index (χ3v) is 4.11. The van der Waals surface area contributed by atoms with Crippen LogP contribution >= 0.6 is 15.9 Å². The highest BCUT2D eigenvalue weighted by Crippen LogP contribution is 2.16. The molecule has 2 heterocycles. The predicted octanol–water partition coefficient (Wildman–Crippen LogP) is 2.65. The molecule has 0 aliphatic heterocycles. The lowest BCUT2D eigenvalue weighted by Gasteiger charge is -2.06. The van der Waals surface area contributed by atoms with Crippen LogP contribution in [-0.2, 0) is 20.3 Å². The molecule has 1 N–H and O–H groups in total. The lowest BCUT2D eigenvalue weighted by Crippen LogP contribution is -2.24. The van der Waals surface area contributed by atoms with Gasteiger partial charge in [-0.2, -0.15) is 10.2 Å². The summed E-state index contributed by atoms with van der Waals surface area (Å²) in [6, 6.07) is 11.1. The number of benzene rings is 1. The molecule has 0 saturated heterocycles. The van der Waals surface area contributed by atoms with Gasteiger partial charge >= 0.3 is 0 Å². The Morgan fingerprint density at radius 2 is 2.00 bits per heavy atom. The Hall–Kier alpha value is -2.61. The molecule has 0 radical (unpaired) electrons. The maximum Gasteiger partial charge on any atom is 0.272 e. The molecule has 0 unspecified atom stereocenters.